The zero-order valence-electron chi connectivity index (χ0n) is 11.4. The lowest BCUT2D eigenvalue weighted by Gasteiger charge is -2.07. The summed E-state index contributed by atoms with van der Waals surface area (Å²) in [6, 6.07) is 7.20. The molecule has 0 saturated carbocycles. The van der Waals surface area contributed by atoms with Crippen LogP contribution in [-0.2, 0) is 11.3 Å². The number of nitrogens with two attached hydrogens (primary N) is 1. The van der Waals surface area contributed by atoms with Gasteiger partial charge in [-0.1, -0.05) is 43.3 Å². The molecule has 0 atom stereocenters. The maximum atomic E-state index is 11.6. The Morgan fingerprint density at radius 1 is 1.37 bits per heavy atom. The Hall–Kier alpha value is -2.04. The topological polar surface area (TPSA) is 87.7 Å². The van der Waals surface area contributed by atoms with E-state index in [9.17, 15) is 4.79 Å². The number of hydrogen-bond acceptors (Lipinski definition) is 3. The summed E-state index contributed by atoms with van der Waals surface area (Å²) in [6.07, 6.45) is 1.45. The van der Waals surface area contributed by atoms with Gasteiger partial charge in [-0.3, -0.25) is 4.79 Å². The van der Waals surface area contributed by atoms with E-state index in [0.717, 1.165) is 12.0 Å². The van der Waals surface area contributed by atoms with Crippen molar-refractivity contribution in [1.29, 1.82) is 0 Å². The van der Waals surface area contributed by atoms with Gasteiger partial charge >= 0.3 is 0 Å². The van der Waals surface area contributed by atoms with E-state index in [1.54, 1.807) is 12.1 Å². The van der Waals surface area contributed by atoms with E-state index in [1.165, 1.54) is 0 Å². The molecule has 0 unspecified atom stereocenters. The van der Waals surface area contributed by atoms with Crippen molar-refractivity contribution in [2.45, 2.75) is 33.2 Å². The summed E-state index contributed by atoms with van der Waals surface area (Å²) in [5.41, 5.74) is 7.09. The van der Waals surface area contributed by atoms with Crippen LogP contribution in [0.5, 0.6) is 0 Å². The number of nitrogens with zero attached hydrogens (tertiary/aromatic N) is 1. The fourth-order valence-electron chi connectivity index (χ4n) is 1.56. The Bertz CT molecular complexity index is 439. The van der Waals surface area contributed by atoms with Gasteiger partial charge in [0.05, 0.1) is 0 Å². The van der Waals surface area contributed by atoms with Crippen molar-refractivity contribution in [3.63, 3.8) is 0 Å². The first-order chi connectivity index (χ1) is 9.02. The number of carbonyl (C=O) groups is 1. The van der Waals surface area contributed by atoms with Crippen LogP contribution in [0, 0.1) is 5.92 Å². The highest BCUT2D eigenvalue weighted by Gasteiger charge is 2.04. The van der Waals surface area contributed by atoms with Crippen LogP contribution in [0.2, 0.25) is 0 Å². The lowest BCUT2D eigenvalue weighted by atomic mass is 10.1. The molecule has 4 N–H and O–H groups in total. The van der Waals surface area contributed by atoms with Crippen LogP contribution >= 0.6 is 0 Å². The zero-order chi connectivity index (χ0) is 14.3. The van der Waals surface area contributed by atoms with Gasteiger partial charge in [-0.25, -0.2) is 0 Å². The summed E-state index contributed by atoms with van der Waals surface area (Å²) >= 11 is 0. The zero-order valence-corrected chi connectivity index (χ0v) is 11.4. The molecule has 0 aliphatic carbocycles. The third-order valence-electron chi connectivity index (χ3n) is 2.80. The Kier molecular flexibility index (Phi) is 5.85. The van der Waals surface area contributed by atoms with Gasteiger partial charge in [-0.15, -0.1) is 0 Å². The maximum Gasteiger partial charge on any atom is 0.220 e. The molecule has 0 bridgehead atoms. The number of nitrogens with one attached hydrogen (secondary N) is 1. The maximum absolute atomic E-state index is 11.6. The van der Waals surface area contributed by atoms with E-state index in [0.29, 0.717) is 24.4 Å². The van der Waals surface area contributed by atoms with Gasteiger partial charge in [0.25, 0.3) is 0 Å². The summed E-state index contributed by atoms with van der Waals surface area (Å²) in [5, 5.41) is 14.3. The van der Waals surface area contributed by atoms with Crippen LogP contribution in [0.15, 0.2) is 29.4 Å². The minimum absolute atomic E-state index is 0.0641. The van der Waals surface area contributed by atoms with Gasteiger partial charge in [-0.05, 0) is 17.9 Å². The first kappa shape index (κ1) is 15.0. The molecule has 1 rings (SSSR count). The fraction of sp³-hybridized carbons (Fsp3) is 0.429. The molecular formula is C14H21N3O2. The molecule has 19 heavy (non-hydrogen) atoms. The number of amidine groups is 1. The molecule has 0 saturated heterocycles. The van der Waals surface area contributed by atoms with Gasteiger partial charge in [0, 0.05) is 18.5 Å². The van der Waals surface area contributed by atoms with Crippen molar-refractivity contribution < 1.29 is 10.0 Å². The summed E-state index contributed by atoms with van der Waals surface area (Å²) in [4.78, 5) is 11.6. The number of oxime groups is 1. The molecule has 5 heteroatoms. The van der Waals surface area contributed by atoms with Crippen molar-refractivity contribution in [3.05, 3.63) is 35.4 Å². The molecule has 0 aromatic heterocycles. The molecule has 0 aliphatic rings. The molecule has 0 radical (unpaired) electrons. The molecule has 1 aromatic carbocycles. The summed E-state index contributed by atoms with van der Waals surface area (Å²) in [5.74, 6) is 0.674. The molecule has 0 aliphatic heterocycles. The number of rotatable bonds is 6. The Balaban J connectivity index is 2.44. The van der Waals surface area contributed by atoms with Crippen molar-refractivity contribution >= 4 is 11.7 Å². The van der Waals surface area contributed by atoms with Gasteiger partial charge in [-0.2, -0.15) is 0 Å². The first-order valence-electron chi connectivity index (χ1n) is 6.36. The van der Waals surface area contributed by atoms with Crippen LogP contribution in [0.4, 0.5) is 0 Å². The second-order valence-electron chi connectivity index (χ2n) is 4.89. The van der Waals surface area contributed by atoms with E-state index in [1.807, 2.05) is 12.1 Å². The van der Waals surface area contributed by atoms with Crippen LogP contribution in [0.3, 0.4) is 0 Å². The Labute approximate surface area is 113 Å². The van der Waals surface area contributed by atoms with Crippen molar-refractivity contribution in [3.8, 4) is 0 Å². The third-order valence-corrected chi connectivity index (χ3v) is 2.80. The molecule has 1 aromatic rings. The van der Waals surface area contributed by atoms with Gasteiger partial charge < -0.3 is 16.3 Å². The van der Waals surface area contributed by atoms with E-state index >= 15 is 0 Å². The van der Waals surface area contributed by atoms with Gasteiger partial charge in [0.15, 0.2) is 5.84 Å². The van der Waals surface area contributed by atoms with Crippen molar-refractivity contribution in [2.75, 3.05) is 0 Å². The standard InChI is InChI=1S/C14H21N3O2/c1-10(2)3-8-13(18)16-9-11-4-6-12(7-5-11)14(15)17-19/h4-7,10,19H,3,8-9H2,1-2H3,(H2,15,17)(H,16,18). The number of benzene rings is 1. The minimum Gasteiger partial charge on any atom is -0.409 e. The average molecular weight is 263 g/mol. The monoisotopic (exact) mass is 263 g/mol. The molecule has 0 heterocycles. The van der Waals surface area contributed by atoms with Crippen LogP contribution in [0.25, 0.3) is 0 Å². The normalized spacial score (nSPS) is 11.6. The summed E-state index contributed by atoms with van der Waals surface area (Å²) in [6.45, 7) is 4.69. The predicted octanol–water partition coefficient (Wildman–Crippen LogP) is 1.83. The molecule has 104 valence electrons. The summed E-state index contributed by atoms with van der Waals surface area (Å²) < 4.78 is 0. The molecular weight excluding hydrogens is 242 g/mol. The third kappa shape index (κ3) is 5.42. The SMILES string of the molecule is CC(C)CCC(=O)NCc1ccc(C(N)=NO)cc1. The Morgan fingerprint density at radius 3 is 2.53 bits per heavy atom. The highest BCUT2D eigenvalue weighted by molar-refractivity contribution is 5.96. The Morgan fingerprint density at radius 2 is 2.00 bits per heavy atom. The minimum atomic E-state index is 0.0641. The van der Waals surface area contributed by atoms with E-state index in [4.69, 9.17) is 10.9 Å². The van der Waals surface area contributed by atoms with E-state index in [2.05, 4.69) is 24.3 Å². The van der Waals surface area contributed by atoms with E-state index in [-0.39, 0.29) is 11.7 Å². The van der Waals surface area contributed by atoms with Crippen LogP contribution in [-0.4, -0.2) is 17.0 Å². The van der Waals surface area contributed by atoms with Crippen molar-refractivity contribution in [1.82, 2.24) is 5.32 Å². The smallest absolute Gasteiger partial charge is 0.220 e. The lowest BCUT2D eigenvalue weighted by molar-refractivity contribution is -0.121. The van der Waals surface area contributed by atoms with Crippen LogP contribution < -0.4 is 11.1 Å². The largest absolute Gasteiger partial charge is 0.409 e. The molecule has 0 fully saturated rings. The second-order valence-corrected chi connectivity index (χ2v) is 4.89. The quantitative estimate of drug-likeness (QED) is 0.317. The number of amides is 1. The summed E-state index contributed by atoms with van der Waals surface area (Å²) in [7, 11) is 0. The number of carbonyl (C=O) groups excluding carboxylic acids is 1. The molecule has 5 nitrogen and oxygen atoms in total. The predicted molar refractivity (Wildman–Crippen MR) is 74.9 cm³/mol. The van der Waals surface area contributed by atoms with E-state index < -0.39 is 0 Å². The molecule has 0 spiro atoms. The first-order valence-corrected chi connectivity index (χ1v) is 6.36. The van der Waals surface area contributed by atoms with Crippen molar-refractivity contribution in [2.24, 2.45) is 16.8 Å². The highest BCUT2D eigenvalue weighted by Crippen LogP contribution is 2.06. The van der Waals surface area contributed by atoms with Gasteiger partial charge in [0.2, 0.25) is 5.91 Å². The average Bonchev–Trinajstić information content (AvgIpc) is 2.42. The highest BCUT2D eigenvalue weighted by atomic mass is 16.4. The molecule has 1 amide bonds. The lowest BCUT2D eigenvalue weighted by Crippen LogP contribution is -2.22. The number of hydrogen-bond donors (Lipinski definition) is 3. The van der Waals surface area contributed by atoms with Gasteiger partial charge in [0.1, 0.15) is 0 Å². The van der Waals surface area contributed by atoms with Crippen LogP contribution in [0.1, 0.15) is 37.8 Å². The second kappa shape index (κ2) is 7.41. The fourth-order valence-corrected chi connectivity index (χ4v) is 1.56.